The van der Waals surface area contributed by atoms with Gasteiger partial charge in [-0.3, -0.25) is 9.59 Å². The lowest BCUT2D eigenvalue weighted by atomic mass is 10.1. The number of carbonyl (C=O) groups is 1. The number of aromatic nitrogens is 2. The van der Waals surface area contributed by atoms with Crippen molar-refractivity contribution in [3.8, 4) is 0 Å². The van der Waals surface area contributed by atoms with Crippen molar-refractivity contribution in [2.75, 3.05) is 34.2 Å². The predicted octanol–water partition coefficient (Wildman–Crippen LogP) is 0.557. The van der Waals surface area contributed by atoms with Gasteiger partial charge in [-0.15, -0.1) is 0 Å². The van der Waals surface area contributed by atoms with Crippen LogP contribution in [0, 0.1) is 0 Å². The molecular weight excluding hydrogens is 256 g/mol. The Morgan fingerprint density at radius 1 is 1.15 bits per heavy atom. The van der Waals surface area contributed by atoms with E-state index in [0.29, 0.717) is 17.3 Å². The topological polar surface area (TPSA) is 69.3 Å². The number of nitrogens with zero attached hydrogens (tertiary/aromatic N) is 3. The predicted molar refractivity (Wildman–Crippen MR) is 77.9 cm³/mol. The highest BCUT2D eigenvalue weighted by atomic mass is 16.2. The number of aromatic amines is 1. The van der Waals surface area contributed by atoms with Crippen molar-refractivity contribution in [3.63, 3.8) is 0 Å². The van der Waals surface area contributed by atoms with Crippen molar-refractivity contribution in [2.45, 2.75) is 0 Å². The molecule has 106 valence electrons. The number of rotatable bonds is 4. The molecule has 0 bridgehead atoms. The first-order chi connectivity index (χ1) is 9.50. The highest BCUT2D eigenvalue weighted by molar-refractivity contribution is 6.04. The van der Waals surface area contributed by atoms with Crippen LogP contribution in [0.3, 0.4) is 0 Å². The van der Waals surface area contributed by atoms with Crippen LogP contribution in [0.25, 0.3) is 10.8 Å². The summed E-state index contributed by atoms with van der Waals surface area (Å²) in [5.41, 5.74) is -0.00505. The smallest absolute Gasteiger partial charge is 0.274 e. The van der Waals surface area contributed by atoms with Gasteiger partial charge in [0.2, 0.25) is 0 Å². The first-order valence-electron chi connectivity index (χ1n) is 6.38. The second kappa shape index (κ2) is 5.83. The minimum atomic E-state index is -0.284. The summed E-state index contributed by atoms with van der Waals surface area (Å²) in [6.07, 6.45) is 0. The van der Waals surface area contributed by atoms with E-state index in [9.17, 15) is 9.59 Å². The van der Waals surface area contributed by atoms with Gasteiger partial charge in [0, 0.05) is 25.5 Å². The molecule has 0 saturated carbocycles. The van der Waals surface area contributed by atoms with Gasteiger partial charge in [0.25, 0.3) is 11.5 Å². The monoisotopic (exact) mass is 274 g/mol. The van der Waals surface area contributed by atoms with Crippen LogP contribution in [-0.2, 0) is 0 Å². The Morgan fingerprint density at radius 3 is 2.45 bits per heavy atom. The maximum Gasteiger partial charge on any atom is 0.274 e. The van der Waals surface area contributed by atoms with Crippen LogP contribution in [0.4, 0.5) is 0 Å². The van der Waals surface area contributed by atoms with Crippen LogP contribution in [0.5, 0.6) is 0 Å². The van der Waals surface area contributed by atoms with E-state index in [-0.39, 0.29) is 17.2 Å². The van der Waals surface area contributed by atoms with Crippen molar-refractivity contribution in [3.05, 3.63) is 40.3 Å². The largest absolute Gasteiger partial charge is 0.339 e. The third-order valence-electron chi connectivity index (χ3n) is 3.13. The maximum atomic E-state index is 12.4. The molecule has 0 spiro atoms. The minimum absolute atomic E-state index is 0.195. The van der Waals surface area contributed by atoms with E-state index in [1.807, 2.05) is 19.0 Å². The zero-order valence-electron chi connectivity index (χ0n) is 11.9. The van der Waals surface area contributed by atoms with Crippen LogP contribution < -0.4 is 5.56 Å². The third-order valence-corrected chi connectivity index (χ3v) is 3.13. The lowest BCUT2D eigenvalue weighted by Gasteiger charge is -2.19. The summed E-state index contributed by atoms with van der Waals surface area (Å²) in [7, 11) is 5.63. The maximum absolute atomic E-state index is 12.4. The van der Waals surface area contributed by atoms with Crippen molar-refractivity contribution in [1.29, 1.82) is 0 Å². The molecule has 0 saturated heterocycles. The molecule has 20 heavy (non-hydrogen) atoms. The Labute approximate surface area is 117 Å². The number of H-pyrrole nitrogens is 1. The van der Waals surface area contributed by atoms with Crippen LogP contribution in [0.1, 0.15) is 10.5 Å². The molecule has 0 unspecified atom stereocenters. The molecule has 1 amide bonds. The molecule has 1 aromatic carbocycles. The fourth-order valence-electron chi connectivity index (χ4n) is 1.91. The van der Waals surface area contributed by atoms with E-state index in [1.165, 1.54) is 0 Å². The van der Waals surface area contributed by atoms with Gasteiger partial charge >= 0.3 is 0 Å². The number of likely N-dealkylation sites (N-methyl/N-ethyl adjacent to an activating group) is 2. The SMILES string of the molecule is CN(C)CCN(C)C(=O)c1n[nH]c(=O)c2ccccc12. The van der Waals surface area contributed by atoms with E-state index >= 15 is 0 Å². The molecule has 1 N–H and O–H groups in total. The number of carbonyl (C=O) groups excluding carboxylic acids is 1. The Morgan fingerprint density at radius 2 is 1.80 bits per heavy atom. The molecule has 2 aromatic rings. The second-order valence-electron chi connectivity index (χ2n) is 4.98. The summed E-state index contributed by atoms with van der Waals surface area (Å²) in [5, 5.41) is 7.35. The van der Waals surface area contributed by atoms with Crippen molar-refractivity contribution in [2.24, 2.45) is 0 Å². The molecule has 1 aromatic heterocycles. The number of fused-ring (bicyclic) bond motifs is 1. The van der Waals surface area contributed by atoms with E-state index in [4.69, 9.17) is 0 Å². The van der Waals surface area contributed by atoms with Gasteiger partial charge in [0.15, 0.2) is 5.69 Å². The molecule has 0 aliphatic heterocycles. The molecule has 1 heterocycles. The summed E-state index contributed by atoms with van der Waals surface area (Å²) in [6.45, 7) is 1.37. The molecule has 0 aliphatic carbocycles. The van der Waals surface area contributed by atoms with Gasteiger partial charge < -0.3 is 9.80 Å². The van der Waals surface area contributed by atoms with E-state index in [2.05, 4.69) is 10.2 Å². The first kappa shape index (κ1) is 14.2. The third kappa shape index (κ3) is 2.85. The van der Waals surface area contributed by atoms with Gasteiger partial charge in [-0.05, 0) is 20.2 Å². The standard InChI is InChI=1S/C14H18N4O2/c1-17(2)8-9-18(3)14(20)12-10-6-4-5-7-11(10)13(19)16-15-12/h4-7H,8-9H2,1-3H3,(H,16,19). The lowest BCUT2D eigenvalue weighted by Crippen LogP contribution is -2.34. The Kier molecular flexibility index (Phi) is 4.14. The van der Waals surface area contributed by atoms with Crippen LogP contribution in [-0.4, -0.2) is 60.1 Å². The molecule has 0 aliphatic rings. The number of nitrogens with one attached hydrogen (secondary N) is 1. The molecule has 0 radical (unpaired) electrons. The summed E-state index contributed by atoms with van der Waals surface area (Å²) in [4.78, 5) is 27.7. The van der Waals surface area contributed by atoms with Gasteiger partial charge in [-0.25, -0.2) is 5.10 Å². The molecule has 2 rings (SSSR count). The summed E-state index contributed by atoms with van der Waals surface area (Å²) >= 11 is 0. The second-order valence-corrected chi connectivity index (χ2v) is 4.98. The molecule has 0 fully saturated rings. The molecular formula is C14H18N4O2. The summed E-state index contributed by atoms with van der Waals surface area (Å²) < 4.78 is 0. The highest BCUT2D eigenvalue weighted by Crippen LogP contribution is 2.13. The minimum Gasteiger partial charge on any atom is -0.339 e. The number of hydrogen-bond acceptors (Lipinski definition) is 4. The average Bonchev–Trinajstić information content (AvgIpc) is 2.44. The van der Waals surface area contributed by atoms with Crippen LogP contribution in [0.15, 0.2) is 29.1 Å². The Balaban J connectivity index is 2.35. The van der Waals surface area contributed by atoms with Crippen LogP contribution in [0.2, 0.25) is 0 Å². The average molecular weight is 274 g/mol. The van der Waals surface area contributed by atoms with Crippen molar-refractivity contribution < 1.29 is 4.79 Å². The van der Waals surface area contributed by atoms with Crippen LogP contribution >= 0.6 is 0 Å². The Bertz CT molecular complexity index is 678. The lowest BCUT2D eigenvalue weighted by molar-refractivity contribution is 0.0781. The van der Waals surface area contributed by atoms with Gasteiger partial charge in [-0.1, -0.05) is 18.2 Å². The van der Waals surface area contributed by atoms with E-state index in [0.717, 1.165) is 6.54 Å². The quantitative estimate of drug-likeness (QED) is 0.884. The number of benzene rings is 1. The molecule has 6 heteroatoms. The fourth-order valence-corrected chi connectivity index (χ4v) is 1.91. The van der Waals surface area contributed by atoms with Crippen molar-refractivity contribution in [1.82, 2.24) is 20.0 Å². The van der Waals surface area contributed by atoms with Gasteiger partial charge in [0.05, 0.1) is 5.39 Å². The van der Waals surface area contributed by atoms with Crippen molar-refractivity contribution >= 4 is 16.7 Å². The molecule has 6 nitrogen and oxygen atoms in total. The van der Waals surface area contributed by atoms with E-state index < -0.39 is 0 Å². The first-order valence-corrected chi connectivity index (χ1v) is 6.38. The summed E-state index contributed by atoms with van der Waals surface area (Å²) in [5.74, 6) is -0.195. The van der Waals surface area contributed by atoms with Gasteiger partial charge in [0.1, 0.15) is 0 Å². The number of hydrogen-bond donors (Lipinski definition) is 1. The number of amides is 1. The Hall–Kier alpha value is -2.21. The zero-order valence-corrected chi connectivity index (χ0v) is 11.9. The normalized spacial score (nSPS) is 11.0. The zero-order chi connectivity index (χ0) is 14.7. The highest BCUT2D eigenvalue weighted by Gasteiger charge is 2.17. The van der Waals surface area contributed by atoms with Gasteiger partial charge in [-0.2, -0.15) is 5.10 Å². The van der Waals surface area contributed by atoms with E-state index in [1.54, 1.807) is 36.2 Å². The molecule has 0 atom stereocenters. The fraction of sp³-hybridized carbons (Fsp3) is 0.357. The summed E-state index contributed by atoms with van der Waals surface area (Å²) in [6, 6.07) is 6.98.